The van der Waals surface area contributed by atoms with Crippen LogP contribution >= 0.6 is 0 Å². The van der Waals surface area contributed by atoms with Gasteiger partial charge in [-0.05, 0) is 44.9 Å². The first-order valence-corrected chi connectivity index (χ1v) is 9.40. The molecule has 0 amide bonds. The van der Waals surface area contributed by atoms with Gasteiger partial charge in [0.2, 0.25) is 0 Å². The average Bonchev–Trinajstić information content (AvgIpc) is 2.61. The Morgan fingerprint density at radius 2 is 1.15 bits per heavy atom. The van der Waals surface area contributed by atoms with Gasteiger partial charge in [-0.25, -0.2) is 0 Å². The van der Waals surface area contributed by atoms with E-state index in [1.54, 1.807) is 0 Å². The molecule has 3 N–H and O–H groups in total. The van der Waals surface area contributed by atoms with Gasteiger partial charge in [0.05, 0.1) is 12.2 Å². The van der Waals surface area contributed by atoms with Gasteiger partial charge >= 0.3 is 5.97 Å². The molecule has 0 bridgehead atoms. The second kappa shape index (κ2) is 17.9. The molecule has 0 aromatic carbocycles. The van der Waals surface area contributed by atoms with E-state index in [0.29, 0.717) is 25.7 Å². The fourth-order valence-corrected chi connectivity index (χ4v) is 2.09. The number of allylic oxidation sites excluding steroid dienone is 8. The predicted octanol–water partition coefficient (Wildman–Crippen LogP) is 4.71. The number of hydrogen-bond donors (Lipinski definition) is 3. The Kier molecular flexibility index (Phi) is 16.6. The topological polar surface area (TPSA) is 77.8 Å². The molecule has 0 aliphatic heterocycles. The van der Waals surface area contributed by atoms with E-state index in [0.717, 1.165) is 19.3 Å². The normalized spacial score (nSPS) is 15.2. The molecule has 0 rings (SSSR count). The molecule has 4 heteroatoms. The fraction of sp³-hybridized carbons (Fsp3) is 0.500. The average molecular weight is 363 g/mol. The number of aliphatic hydroxyl groups is 2. The molecule has 26 heavy (non-hydrogen) atoms. The largest absolute Gasteiger partial charge is 0.481 e. The molecule has 0 aliphatic carbocycles. The van der Waals surface area contributed by atoms with Crippen LogP contribution in [0.2, 0.25) is 0 Å². The molecular formula is C22H34O4. The summed E-state index contributed by atoms with van der Waals surface area (Å²) < 4.78 is 0. The Balaban J connectivity index is 3.79. The van der Waals surface area contributed by atoms with E-state index in [-0.39, 0.29) is 6.42 Å². The molecular weight excluding hydrogens is 328 g/mol. The summed E-state index contributed by atoms with van der Waals surface area (Å²) in [4.78, 5) is 10.3. The second-order valence-electron chi connectivity index (χ2n) is 6.01. The monoisotopic (exact) mass is 362 g/mol. The van der Waals surface area contributed by atoms with Gasteiger partial charge in [0, 0.05) is 6.42 Å². The van der Waals surface area contributed by atoms with Crippen LogP contribution in [0.4, 0.5) is 0 Å². The molecule has 0 spiro atoms. The first-order valence-electron chi connectivity index (χ1n) is 9.40. The summed E-state index contributed by atoms with van der Waals surface area (Å²) >= 11 is 0. The number of carboxylic acids is 1. The number of aliphatic hydroxyl groups excluding tert-OH is 2. The summed E-state index contributed by atoms with van der Waals surface area (Å²) in [5.41, 5.74) is 0. The van der Waals surface area contributed by atoms with Gasteiger partial charge < -0.3 is 15.3 Å². The van der Waals surface area contributed by atoms with Gasteiger partial charge in [-0.15, -0.1) is 0 Å². The first-order chi connectivity index (χ1) is 12.6. The molecule has 0 saturated carbocycles. The Morgan fingerprint density at radius 3 is 1.62 bits per heavy atom. The van der Waals surface area contributed by atoms with E-state index < -0.39 is 18.2 Å². The van der Waals surface area contributed by atoms with Crippen LogP contribution in [0, 0.1) is 0 Å². The number of hydrogen-bond acceptors (Lipinski definition) is 3. The molecule has 146 valence electrons. The summed E-state index contributed by atoms with van der Waals surface area (Å²) in [6, 6.07) is 0. The predicted molar refractivity (Wildman–Crippen MR) is 108 cm³/mol. The van der Waals surface area contributed by atoms with Gasteiger partial charge in [0.15, 0.2) is 0 Å². The van der Waals surface area contributed by atoms with Crippen LogP contribution in [0.3, 0.4) is 0 Å². The Bertz CT molecular complexity index is 486. The second-order valence-corrected chi connectivity index (χ2v) is 6.01. The molecule has 4 nitrogen and oxygen atoms in total. The number of aliphatic carboxylic acids is 1. The van der Waals surface area contributed by atoms with Gasteiger partial charge in [0.25, 0.3) is 0 Å². The van der Waals surface area contributed by atoms with E-state index in [2.05, 4.69) is 31.2 Å². The fourth-order valence-electron chi connectivity index (χ4n) is 2.09. The summed E-state index contributed by atoms with van der Waals surface area (Å²) in [5.74, 6) is -0.795. The van der Waals surface area contributed by atoms with Crippen LogP contribution in [0.5, 0.6) is 0 Å². The van der Waals surface area contributed by atoms with E-state index in [9.17, 15) is 15.0 Å². The highest BCUT2D eigenvalue weighted by molar-refractivity contribution is 5.66. The summed E-state index contributed by atoms with van der Waals surface area (Å²) in [5, 5.41) is 28.3. The molecule has 2 atom stereocenters. The SMILES string of the molecule is CC/C=C\C/C=C\C/C=C\CC(O)C(O)C/C=C\C/C=C\CCC(=O)O. The van der Waals surface area contributed by atoms with Crippen LogP contribution in [0.15, 0.2) is 60.8 Å². The Labute approximate surface area is 157 Å². The van der Waals surface area contributed by atoms with Crippen molar-refractivity contribution < 1.29 is 20.1 Å². The van der Waals surface area contributed by atoms with Crippen molar-refractivity contribution in [2.75, 3.05) is 0 Å². The number of rotatable bonds is 15. The quantitative estimate of drug-likeness (QED) is 0.369. The molecule has 0 aliphatic rings. The van der Waals surface area contributed by atoms with Crippen LogP contribution in [0.1, 0.15) is 58.3 Å². The highest BCUT2D eigenvalue weighted by Crippen LogP contribution is 2.06. The Hall–Kier alpha value is -1.91. The van der Waals surface area contributed by atoms with Crippen molar-refractivity contribution in [2.45, 2.75) is 70.5 Å². The minimum atomic E-state index is -0.795. The van der Waals surface area contributed by atoms with Gasteiger partial charge in [-0.1, -0.05) is 67.7 Å². The van der Waals surface area contributed by atoms with Crippen molar-refractivity contribution in [1.82, 2.24) is 0 Å². The minimum Gasteiger partial charge on any atom is -0.481 e. The third-order valence-corrected chi connectivity index (χ3v) is 3.61. The van der Waals surface area contributed by atoms with Crippen LogP contribution in [-0.2, 0) is 4.79 Å². The maximum atomic E-state index is 10.3. The van der Waals surface area contributed by atoms with E-state index in [1.807, 2.05) is 36.5 Å². The van der Waals surface area contributed by atoms with Crippen LogP contribution < -0.4 is 0 Å². The van der Waals surface area contributed by atoms with Crippen LogP contribution in [0.25, 0.3) is 0 Å². The minimum absolute atomic E-state index is 0.143. The molecule has 0 radical (unpaired) electrons. The van der Waals surface area contributed by atoms with Crippen molar-refractivity contribution in [3.8, 4) is 0 Å². The molecule has 0 fully saturated rings. The van der Waals surface area contributed by atoms with E-state index in [4.69, 9.17) is 5.11 Å². The van der Waals surface area contributed by atoms with E-state index >= 15 is 0 Å². The zero-order valence-electron chi connectivity index (χ0n) is 15.8. The molecule has 0 heterocycles. The smallest absolute Gasteiger partial charge is 0.303 e. The van der Waals surface area contributed by atoms with Crippen molar-refractivity contribution in [3.63, 3.8) is 0 Å². The lowest BCUT2D eigenvalue weighted by Gasteiger charge is -2.14. The lowest BCUT2D eigenvalue weighted by atomic mass is 10.1. The summed E-state index contributed by atoms with van der Waals surface area (Å²) in [7, 11) is 0. The van der Waals surface area contributed by atoms with E-state index in [1.165, 1.54) is 0 Å². The summed E-state index contributed by atoms with van der Waals surface area (Å²) in [6.07, 6.45) is 23.4. The van der Waals surface area contributed by atoms with Crippen molar-refractivity contribution in [3.05, 3.63) is 60.8 Å². The van der Waals surface area contributed by atoms with Crippen molar-refractivity contribution >= 4 is 5.97 Å². The van der Waals surface area contributed by atoms with Gasteiger partial charge in [-0.2, -0.15) is 0 Å². The maximum Gasteiger partial charge on any atom is 0.303 e. The Morgan fingerprint density at radius 1 is 0.731 bits per heavy atom. The van der Waals surface area contributed by atoms with Crippen molar-refractivity contribution in [1.29, 1.82) is 0 Å². The van der Waals surface area contributed by atoms with Crippen molar-refractivity contribution in [2.24, 2.45) is 0 Å². The van der Waals surface area contributed by atoms with Gasteiger partial charge in [0.1, 0.15) is 0 Å². The first kappa shape index (κ1) is 24.1. The maximum absolute atomic E-state index is 10.3. The lowest BCUT2D eigenvalue weighted by molar-refractivity contribution is -0.136. The van der Waals surface area contributed by atoms with Gasteiger partial charge in [-0.3, -0.25) is 4.79 Å². The number of carbonyl (C=O) groups is 1. The highest BCUT2D eigenvalue weighted by Gasteiger charge is 2.12. The van der Waals surface area contributed by atoms with Crippen LogP contribution in [-0.4, -0.2) is 33.5 Å². The third-order valence-electron chi connectivity index (χ3n) is 3.61. The lowest BCUT2D eigenvalue weighted by Crippen LogP contribution is -2.24. The zero-order valence-corrected chi connectivity index (χ0v) is 15.8. The molecule has 0 saturated heterocycles. The molecule has 0 aromatic heterocycles. The molecule has 0 aromatic rings. The third kappa shape index (κ3) is 16.9. The standard InChI is InChI=1S/C22H34O4/c1-2-3-4-5-6-7-8-11-14-17-20(23)21(24)18-15-12-9-10-13-16-19-22(25)26/h3-4,6-7,10-15,20-21,23-24H,2,5,8-9,16-19H2,1H3,(H,25,26)/b4-3-,7-6-,13-10-,14-11-,15-12-. The zero-order chi connectivity index (χ0) is 19.5. The highest BCUT2D eigenvalue weighted by atomic mass is 16.4. The molecule has 2 unspecified atom stereocenters. The summed E-state index contributed by atoms with van der Waals surface area (Å²) in [6.45, 7) is 2.11. The number of carboxylic acid groups (broad SMARTS) is 1.